The van der Waals surface area contributed by atoms with Crippen LogP contribution in [0.5, 0.6) is 5.75 Å². The molecule has 0 N–H and O–H groups in total. The number of hydrogen-bond acceptors (Lipinski definition) is 4. The Bertz CT molecular complexity index is 366. The van der Waals surface area contributed by atoms with Gasteiger partial charge in [0.1, 0.15) is 5.75 Å². The minimum absolute atomic E-state index is 0.110. The number of rotatable bonds is 4. The number of para-hydroxylation sites is 1. The summed E-state index contributed by atoms with van der Waals surface area (Å²) in [4.78, 5) is 13.6. The van der Waals surface area contributed by atoms with Gasteiger partial charge >= 0.3 is 0 Å². The molecule has 97 valence electrons. The number of nitrogens with zero attached hydrogens (tertiary/aromatic N) is 1. The van der Waals surface area contributed by atoms with Gasteiger partial charge in [-0.05, 0) is 6.07 Å². The average molecular weight is 266 g/mol. The Morgan fingerprint density at radius 2 is 2.28 bits per heavy atom. The van der Waals surface area contributed by atoms with Crippen molar-refractivity contribution in [3.05, 3.63) is 30.3 Å². The predicted octanol–water partition coefficient (Wildman–Crippen LogP) is 2.05. The SMILES string of the molecule is O=C(SCCOc1[c]cccc1)N1CCOCC1. The molecule has 1 aliphatic rings. The van der Waals surface area contributed by atoms with Crippen LogP contribution in [0.25, 0.3) is 0 Å². The van der Waals surface area contributed by atoms with E-state index in [1.165, 1.54) is 11.8 Å². The number of ether oxygens (including phenoxy) is 2. The molecule has 1 aromatic carbocycles. The molecular weight excluding hydrogens is 250 g/mol. The van der Waals surface area contributed by atoms with Gasteiger partial charge in [0.05, 0.1) is 19.8 Å². The summed E-state index contributed by atoms with van der Waals surface area (Å²) in [5, 5.41) is 0.110. The first kappa shape index (κ1) is 13.2. The number of carbonyl (C=O) groups is 1. The quantitative estimate of drug-likeness (QED) is 0.782. The largest absolute Gasteiger partial charge is 0.492 e. The summed E-state index contributed by atoms with van der Waals surface area (Å²) in [6.07, 6.45) is 0. The molecule has 1 fully saturated rings. The molecule has 0 unspecified atom stereocenters. The van der Waals surface area contributed by atoms with Crippen LogP contribution in [0, 0.1) is 6.07 Å². The predicted molar refractivity (Wildman–Crippen MR) is 71.0 cm³/mol. The summed E-state index contributed by atoms with van der Waals surface area (Å²) in [7, 11) is 0. The zero-order valence-corrected chi connectivity index (χ0v) is 10.9. The fourth-order valence-electron chi connectivity index (χ4n) is 1.58. The van der Waals surface area contributed by atoms with E-state index in [4.69, 9.17) is 9.47 Å². The molecule has 0 aliphatic carbocycles. The number of hydrogen-bond donors (Lipinski definition) is 0. The van der Waals surface area contributed by atoms with Crippen LogP contribution in [0.15, 0.2) is 24.3 Å². The minimum Gasteiger partial charge on any atom is -0.492 e. The first-order chi connectivity index (χ1) is 8.86. The topological polar surface area (TPSA) is 38.8 Å². The van der Waals surface area contributed by atoms with Gasteiger partial charge in [0.15, 0.2) is 0 Å². The van der Waals surface area contributed by atoms with Gasteiger partial charge in [-0.25, -0.2) is 0 Å². The normalized spacial score (nSPS) is 15.4. The fourth-order valence-corrected chi connectivity index (χ4v) is 2.29. The van der Waals surface area contributed by atoms with E-state index in [2.05, 4.69) is 6.07 Å². The Labute approximate surface area is 111 Å². The lowest BCUT2D eigenvalue weighted by molar-refractivity contribution is 0.0593. The standard InChI is InChI=1S/C13H16NO3S/c15-13(14-6-8-16-9-7-14)18-11-10-17-12-4-2-1-3-5-12/h1-4H,6-11H2. The molecule has 1 aromatic rings. The second-order valence-corrected chi connectivity index (χ2v) is 4.84. The van der Waals surface area contributed by atoms with Crippen molar-refractivity contribution in [2.75, 3.05) is 38.7 Å². The van der Waals surface area contributed by atoms with Crippen LogP contribution < -0.4 is 4.74 Å². The van der Waals surface area contributed by atoms with E-state index in [-0.39, 0.29) is 5.24 Å². The summed E-state index contributed by atoms with van der Waals surface area (Å²) in [6, 6.07) is 10.4. The van der Waals surface area contributed by atoms with Gasteiger partial charge in [0, 0.05) is 24.9 Å². The monoisotopic (exact) mass is 266 g/mol. The average Bonchev–Trinajstić information content (AvgIpc) is 2.45. The number of benzene rings is 1. The van der Waals surface area contributed by atoms with Gasteiger partial charge in [-0.1, -0.05) is 30.0 Å². The molecule has 2 rings (SSSR count). The molecule has 0 bridgehead atoms. The van der Waals surface area contributed by atoms with Crippen LogP contribution in [-0.2, 0) is 4.74 Å². The lowest BCUT2D eigenvalue weighted by atomic mass is 10.3. The first-order valence-electron chi connectivity index (χ1n) is 5.95. The second kappa shape index (κ2) is 7.28. The van der Waals surface area contributed by atoms with Crippen molar-refractivity contribution in [3.63, 3.8) is 0 Å². The van der Waals surface area contributed by atoms with Crippen molar-refractivity contribution in [2.24, 2.45) is 0 Å². The van der Waals surface area contributed by atoms with Gasteiger partial charge < -0.3 is 14.4 Å². The Kier molecular flexibility index (Phi) is 5.36. The van der Waals surface area contributed by atoms with Gasteiger partial charge in [-0.15, -0.1) is 0 Å². The molecule has 0 aromatic heterocycles. The third-order valence-corrected chi connectivity index (χ3v) is 3.39. The van der Waals surface area contributed by atoms with Crippen LogP contribution >= 0.6 is 11.8 Å². The van der Waals surface area contributed by atoms with Gasteiger partial charge in [-0.2, -0.15) is 0 Å². The molecule has 18 heavy (non-hydrogen) atoms. The molecule has 0 atom stereocenters. The number of thioether (sulfide) groups is 1. The molecule has 1 radical (unpaired) electrons. The van der Waals surface area contributed by atoms with Crippen molar-refractivity contribution in [1.82, 2.24) is 4.90 Å². The molecule has 1 heterocycles. The number of amides is 1. The highest BCUT2D eigenvalue weighted by atomic mass is 32.2. The zero-order valence-electron chi connectivity index (χ0n) is 10.1. The Hall–Kier alpha value is -1.20. The van der Waals surface area contributed by atoms with E-state index in [0.717, 1.165) is 5.75 Å². The second-order valence-electron chi connectivity index (χ2n) is 3.79. The molecule has 1 aliphatic heterocycles. The molecular formula is C13H16NO3S. The van der Waals surface area contributed by atoms with Gasteiger partial charge in [-0.3, -0.25) is 4.79 Å². The summed E-state index contributed by atoms with van der Waals surface area (Å²) >= 11 is 1.29. The van der Waals surface area contributed by atoms with Crippen molar-refractivity contribution in [3.8, 4) is 5.75 Å². The summed E-state index contributed by atoms with van der Waals surface area (Å²) in [5.41, 5.74) is 0. The maximum atomic E-state index is 11.8. The van der Waals surface area contributed by atoms with E-state index in [1.54, 1.807) is 6.07 Å². The third kappa shape index (κ3) is 4.23. The van der Waals surface area contributed by atoms with E-state index in [0.29, 0.717) is 38.7 Å². The van der Waals surface area contributed by atoms with Crippen molar-refractivity contribution in [2.45, 2.75) is 0 Å². The Morgan fingerprint density at radius 1 is 1.44 bits per heavy atom. The maximum absolute atomic E-state index is 11.8. The van der Waals surface area contributed by atoms with Crippen LogP contribution in [0.1, 0.15) is 0 Å². The smallest absolute Gasteiger partial charge is 0.281 e. The maximum Gasteiger partial charge on any atom is 0.281 e. The molecule has 1 saturated heterocycles. The first-order valence-corrected chi connectivity index (χ1v) is 6.94. The van der Waals surface area contributed by atoms with E-state index in [9.17, 15) is 4.79 Å². The van der Waals surface area contributed by atoms with Crippen molar-refractivity contribution in [1.29, 1.82) is 0 Å². The third-order valence-electron chi connectivity index (χ3n) is 2.52. The molecule has 0 saturated carbocycles. The highest BCUT2D eigenvalue weighted by molar-refractivity contribution is 8.13. The molecule has 1 amide bonds. The summed E-state index contributed by atoms with van der Waals surface area (Å²) in [6.45, 7) is 3.18. The zero-order chi connectivity index (χ0) is 12.6. The fraction of sp³-hybridized carbons (Fsp3) is 0.462. The highest BCUT2D eigenvalue weighted by Crippen LogP contribution is 2.12. The lowest BCUT2D eigenvalue weighted by Crippen LogP contribution is -2.38. The summed E-state index contributed by atoms with van der Waals surface area (Å²) < 4.78 is 10.7. The molecule has 5 heteroatoms. The number of carbonyl (C=O) groups excluding carboxylic acids is 1. The lowest BCUT2D eigenvalue weighted by Gasteiger charge is -2.26. The minimum atomic E-state index is 0.110. The van der Waals surface area contributed by atoms with Crippen LogP contribution in [0.4, 0.5) is 4.79 Å². The Morgan fingerprint density at radius 3 is 3.00 bits per heavy atom. The van der Waals surface area contributed by atoms with Gasteiger partial charge in [0.2, 0.25) is 0 Å². The van der Waals surface area contributed by atoms with Crippen molar-refractivity contribution < 1.29 is 14.3 Å². The van der Waals surface area contributed by atoms with E-state index < -0.39 is 0 Å². The Balaban J connectivity index is 1.61. The van der Waals surface area contributed by atoms with Crippen molar-refractivity contribution >= 4 is 17.0 Å². The molecule has 0 spiro atoms. The highest BCUT2D eigenvalue weighted by Gasteiger charge is 2.16. The number of morpholine rings is 1. The van der Waals surface area contributed by atoms with Crippen LogP contribution in [-0.4, -0.2) is 48.8 Å². The summed E-state index contributed by atoms with van der Waals surface area (Å²) in [5.74, 6) is 1.37. The van der Waals surface area contributed by atoms with E-state index in [1.807, 2.05) is 23.1 Å². The van der Waals surface area contributed by atoms with Crippen LogP contribution in [0.3, 0.4) is 0 Å². The van der Waals surface area contributed by atoms with Crippen LogP contribution in [0.2, 0.25) is 0 Å². The van der Waals surface area contributed by atoms with Gasteiger partial charge in [0.25, 0.3) is 5.24 Å². The molecule has 4 nitrogen and oxygen atoms in total. The van der Waals surface area contributed by atoms with E-state index >= 15 is 0 Å².